The van der Waals surface area contributed by atoms with Gasteiger partial charge in [-0.1, -0.05) is 25.1 Å². The van der Waals surface area contributed by atoms with Gasteiger partial charge in [-0.3, -0.25) is 33.9 Å². The van der Waals surface area contributed by atoms with Crippen LogP contribution in [0, 0.1) is 17.0 Å². The molecule has 0 saturated carbocycles. The number of imide groups is 1. The molecule has 59 heavy (non-hydrogen) atoms. The Bertz CT molecular complexity index is 2330. The number of halogens is 2. The second-order valence-electron chi connectivity index (χ2n) is 17.1. The minimum absolute atomic E-state index is 0.0105. The highest BCUT2D eigenvalue weighted by atomic mass is 19.1. The number of benzene rings is 3. The molecule has 5 aliphatic rings. The number of anilines is 1. The number of likely N-dealkylation sites (tertiary alicyclic amines) is 1. The number of rotatable bonds is 10. The number of hydrogen-bond acceptors (Lipinski definition) is 8. The number of aldehydes is 1. The van der Waals surface area contributed by atoms with Gasteiger partial charge in [0.05, 0.1) is 23.7 Å². The molecule has 2 saturated heterocycles. The Morgan fingerprint density at radius 3 is 2.24 bits per heavy atom. The van der Waals surface area contributed by atoms with Crippen molar-refractivity contribution in [1.29, 1.82) is 0 Å². The Morgan fingerprint density at radius 1 is 0.983 bits per heavy atom. The Labute approximate surface area is 341 Å². The monoisotopic (exact) mass is 805 g/mol. The number of nitrogens with zero attached hydrogens (tertiary/aromatic N) is 5. The quantitative estimate of drug-likeness (QED) is 0.171. The van der Waals surface area contributed by atoms with Crippen molar-refractivity contribution in [2.45, 2.75) is 77.2 Å². The second kappa shape index (κ2) is 15.0. The van der Waals surface area contributed by atoms with Crippen LogP contribution in [0.5, 0.6) is 0 Å². The summed E-state index contributed by atoms with van der Waals surface area (Å²) in [4.78, 5) is 76.4. The summed E-state index contributed by atoms with van der Waals surface area (Å²) in [6.07, 6.45) is 3.15. The fourth-order valence-electron chi connectivity index (χ4n) is 10.5. The molecule has 12 nitrogen and oxygen atoms in total. The van der Waals surface area contributed by atoms with Gasteiger partial charge in [0.1, 0.15) is 24.0 Å². The van der Waals surface area contributed by atoms with Gasteiger partial charge in [-0.25, -0.2) is 8.78 Å². The van der Waals surface area contributed by atoms with Crippen LogP contribution in [0.25, 0.3) is 10.9 Å². The molecule has 1 unspecified atom stereocenters. The SMILES string of the molecule is CCN1[C@H](c2c(F)cc(N3CCC4(CC3)CN(C(=O)CN3Cc5cc6c(cc5C3)C(=O)N(C(CCC=O)C(=O)NC)C6=O)C4)cc2F)c2[nH]c3ccccc3c2C[C@H]1C. The van der Waals surface area contributed by atoms with E-state index in [0.29, 0.717) is 57.8 Å². The summed E-state index contributed by atoms with van der Waals surface area (Å²) >= 11 is 0. The van der Waals surface area contributed by atoms with Gasteiger partial charge < -0.3 is 24.9 Å². The van der Waals surface area contributed by atoms with E-state index in [1.165, 1.54) is 19.2 Å². The summed E-state index contributed by atoms with van der Waals surface area (Å²) in [5.74, 6) is -2.71. The van der Waals surface area contributed by atoms with Crippen LogP contribution >= 0.6 is 0 Å². The third-order valence-corrected chi connectivity index (χ3v) is 13.6. The zero-order chi connectivity index (χ0) is 41.3. The number of aromatic amines is 1. The highest BCUT2D eigenvalue weighted by molar-refractivity contribution is 6.23. The van der Waals surface area contributed by atoms with Crippen LogP contribution in [-0.2, 0) is 33.9 Å². The molecule has 3 aromatic carbocycles. The lowest BCUT2D eigenvalue weighted by molar-refractivity contribution is -0.146. The van der Waals surface area contributed by atoms with Crippen molar-refractivity contribution >= 4 is 46.5 Å². The Hall–Kier alpha value is -5.47. The largest absolute Gasteiger partial charge is 0.371 e. The summed E-state index contributed by atoms with van der Waals surface area (Å²) in [6.45, 7) is 8.42. The van der Waals surface area contributed by atoms with Crippen LogP contribution < -0.4 is 10.2 Å². The van der Waals surface area contributed by atoms with Crippen molar-refractivity contribution in [3.05, 3.63) is 99.2 Å². The average Bonchev–Trinajstić information content (AvgIpc) is 3.86. The zero-order valence-electron chi connectivity index (χ0n) is 33.7. The molecular formula is C45H49F2N7O5. The van der Waals surface area contributed by atoms with Crippen molar-refractivity contribution in [3.63, 3.8) is 0 Å². The maximum absolute atomic E-state index is 16.3. The molecule has 6 heterocycles. The molecule has 4 aromatic rings. The lowest BCUT2D eigenvalue weighted by Crippen LogP contribution is -2.63. The predicted octanol–water partition coefficient (Wildman–Crippen LogP) is 4.94. The number of carbonyl (C=O) groups excluding carboxylic acids is 5. The van der Waals surface area contributed by atoms with Crippen LogP contribution in [0.15, 0.2) is 48.5 Å². The molecule has 0 bridgehead atoms. The molecule has 0 radical (unpaired) electrons. The van der Waals surface area contributed by atoms with E-state index in [2.05, 4.69) is 33.1 Å². The van der Waals surface area contributed by atoms with Gasteiger partial charge in [0.25, 0.3) is 11.8 Å². The fourth-order valence-corrected chi connectivity index (χ4v) is 10.5. The van der Waals surface area contributed by atoms with E-state index in [1.807, 2.05) is 34.9 Å². The molecule has 1 aromatic heterocycles. The van der Waals surface area contributed by atoms with E-state index < -0.39 is 41.4 Å². The number of para-hydroxylation sites is 1. The van der Waals surface area contributed by atoms with E-state index in [0.717, 1.165) is 57.4 Å². The third kappa shape index (κ3) is 6.51. The fraction of sp³-hybridized carbons (Fsp3) is 0.444. The number of aromatic nitrogens is 1. The van der Waals surface area contributed by atoms with E-state index in [9.17, 15) is 24.0 Å². The molecule has 2 fully saturated rings. The van der Waals surface area contributed by atoms with Gasteiger partial charge in [-0.05, 0) is 86.2 Å². The van der Waals surface area contributed by atoms with Gasteiger partial charge in [0.15, 0.2) is 0 Å². The summed E-state index contributed by atoms with van der Waals surface area (Å²) < 4.78 is 32.5. The summed E-state index contributed by atoms with van der Waals surface area (Å²) in [5.41, 5.74) is 5.71. The lowest BCUT2D eigenvalue weighted by Gasteiger charge is -2.54. The number of nitrogens with one attached hydrogen (secondary N) is 2. The van der Waals surface area contributed by atoms with E-state index >= 15 is 8.78 Å². The first kappa shape index (κ1) is 39.0. The first-order valence-electron chi connectivity index (χ1n) is 20.7. The number of carbonyl (C=O) groups is 5. The van der Waals surface area contributed by atoms with Crippen LogP contribution in [-0.4, -0.2) is 113 Å². The first-order chi connectivity index (χ1) is 28.4. The standard InChI is InChI=1S/C45H49F2N7O5/c1-4-53-26(2)16-31-30-8-5-6-9-36(30)49-40(31)41(53)39-34(46)19-29(20-35(39)47)51-13-11-45(12-14-51)24-52(25-45)38(56)23-50-21-27-17-32-33(18-28(27)22-50)44(59)54(43(32)58)37(10-7-15-55)42(57)48-3/h5-6,8-9,15,17-20,26,37,41,49H,4,7,10-14,16,21-25H2,1-3H3,(H,48,57)/t26-,37?,41-/m1/s1. The molecular weight excluding hydrogens is 757 g/mol. The topological polar surface area (TPSA) is 129 Å². The minimum atomic E-state index is -1.08. The van der Waals surface area contributed by atoms with Crippen molar-refractivity contribution in [2.24, 2.45) is 5.41 Å². The van der Waals surface area contributed by atoms with Crippen molar-refractivity contribution in [2.75, 3.05) is 51.2 Å². The molecule has 14 heteroatoms. The Balaban J connectivity index is 0.813. The van der Waals surface area contributed by atoms with Gasteiger partial charge in [0, 0.05) is 92.0 Å². The van der Waals surface area contributed by atoms with E-state index in [-0.39, 0.29) is 53.4 Å². The maximum Gasteiger partial charge on any atom is 0.262 e. The molecule has 3 atom stereocenters. The lowest BCUT2D eigenvalue weighted by atomic mass is 9.72. The van der Waals surface area contributed by atoms with Crippen LogP contribution in [0.4, 0.5) is 14.5 Å². The molecule has 9 rings (SSSR count). The number of amides is 4. The van der Waals surface area contributed by atoms with E-state index in [4.69, 9.17) is 0 Å². The molecule has 2 N–H and O–H groups in total. The molecule has 308 valence electrons. The predicted molar refractivity (Wildman–Crippen MR) is 217 cm³/mol. The number of piperidine rings is 1. The number of fused-ring (bicyclic) bond motifs is 5. The van der Waals surface area contributed by atoms with Gasteiger partial charge in [0.2, 0.25) is 11.8 Å². The number of hydrogen-bond donors (Lipinski definition) is 2. The van der Waals surface area contributed by atoms with Crippen LogP contribution in [0.2, 0.25) is 0 Å². The Kier molecular flexibility index (Phi) is 9.90. The van der Waals surface area contributed by atoms with Crippen molar-refractivity contribution in [3.8, 4) is 0 Å². The number of H-pyrrole nitrogens is 1. The third-order valence-electron chi connectivity index (χ3n) is 13.6. The molecule has 1 spiro atoms. The average molecular weight is 806 g/mol. The van der Waals surface area contributed by atoms with Gasteiger partial charge in [-0.2, -0.15) is 0 Å². The van der Waals surface area contributed by atoms with E-state index in [1.54, 1.807) is 12.1 Å². The second-order valence-corrected chi connectivity index (χ2v) is 17.1. The summed E-state index contributed by atoms with van der Waals surface area (Å²) in [6, 6.07) is 12.9. The molecule has 4 amide bonds. The van der Waals surface area contributed by atoms with Crippen molar-refractivity contribution in [1.82, 2.24) is 29.9 Å². The zero-order valence-corrected chi connectivity index (χ0v) is 33.7. The Morgan fingerprint density at radius 2 is 1.63 bits per heavy atom. The summed E-state index contributed by atoms with van der Waals surface area (Å²) in [5, 5.41) is 3.59. The normalized spacial score (nSPS) is 21.7. The first-order valence-corrected chi connectivity index (χ1v) is 20.7. The van der Waals surface area contributed by atoms with Crippen LogP contribution in [0.1, 0.15) is 94.2 Å². The highest BCUT2D eigenvalue weighted by Crippen LogP contribution is 2.45. The minimum Gasteiger partial charge on any atom is -0.371 e. The molecule has 5 aliphatic heterocycles. The van der Waals surface area contributed by atoms with Crippen LogP contribution in [0.3, 0.4) is 0 Å². The highest BCUT2D eigenvalue weighted by Gasteiger charge is 2.48. The smallest absolute Gasteiger partial charge is 0.262 e. The van der Waals surface area contributed by atoms with Crippen molar-refractivity contribution < 1.29 is 32.8 Å². The molecule has 0 aliphatic carbocycles. The summed E-state index contributed by atoms with van der Waals surface area (Å²) in [7, 11) is 1.42. The number of likely N-dealkylation sites (N-methyl/N-ethyl adjacent to an activating group) is 2. The maximum atomic E-state index is 16.3. The van der Waals surface area contributed by atoms with Gasteiger partial charge >= 0.3 is 0 Å². The van der Waals surface area contributed by atoms with Gasteiger partial charge in [-0.15, -0.1) is 0 Å².